The van der Waals surface area contributed by atoms with Crippen molar-refractivity contribution in [1.82, 2.24) is 24.6 Å². The summed E-state index contributed by atoms with van der Waals surface area (Å²) in [5, 5.41) is 6.69. The summed E-state index contributed by atoms with van der Waals surface area (Å²) in [5.74, 6) is 0.795. The van der Waals surface area contributed by atoms with Crippen LogP contribution >= 0.6 is 11.3 Å². The molecule has 0 aromatic carbocycles. The van der Waals surface area contributed by atoms with Crippen LogP contribution in [0.5, 0.6) is 0 Å². The second-order valence-corrected chi connectivity index (χ2v) is 10.5. The second kappa shape index (κ2) is 8.75. The molecule has 1 saturated carbocycles. The van der Waals surface area contributed by atoms with Crippen molar-refractivity contribution in [2.45, 2.75) is 58.2 Å². The summed E-state index contributed by atoms with van der Waals surface area (Å²) < 4.78 is 7.57. The fourth-order valence-corrected chi connectivity index (χ4v) is 5.64. The number of carbonyl (C=O) groups excluding carboxylic acids is 3. The molecule has 1 fully saturated rings. The Hall–Kier alpha value is -3.27. The average molecular weight is 494 g/mol. The molecule has 1 aliphatic heterocycles. The summed E-state index contributed by atoms with van der Waals surface area (Å²) >= 11 is 1.50. The number of Topliss-reactive ketones (excluding diaryl/α,β-unsaturated/α-hetero) is 1. The number of furan rings is 1. The zero-order valence-corrected chi connectivity index (χ0v) is 20.5. The summed E-state index contributed by atoms with van der Waals surface area (Å²) in [4.78, 5) is 47.1. The topological polar surface area (TPSA) is 102 Å². The first-order chi connectivity index (χ1) is 17.0. The van der Waals surface area contributed by atoms with Gasteiger partial charge in [0.25, 0.3) is 11.8 Å². The molecule has 2 amide bonds. The van der Waals surface area contributed by atoms with Crippen molar-refractivity contribution in [2.24, 2.45) is 5.92 Å². The van der Waals surface area contributed by atoms with E-state index in [1.807, 2.05) is 10.1 Å². The standard InChI is InChI=1S/C25H27N5O4S/c1-28(10-16-13-35-14-26-16)25(33)23-17-11-29(8-7-19(17)30(27-23)9-15-5-6-15)24(32)18-12-34-21-4-2-3-20(31)22(18)21/h12-15H,2-11H2,1H3. The summed E-state index contributed by atoms with van der Waals surface area (Å²) in [6.45, 7) is 2.01. The average Bonchev–Trinajstić information content (AvgIpc) is 3.23. The monoisotopic (exact) mass is 493 g/mol. The van der Waals surface area contributed by atoms with Crippen LogP contribution < -0.4 is 0 Å². The van der Waals surface area contributed by atoms with E-state index in [2.05, 4.69) is 4.98 Å². The molecule has 0 atom stereocenters. The van der Waals surface area contributed by atoms with Gasteiger partial charge < -0.3 is 14.2 Å². The second-order valence-electron chi connectivity index (χ2n) is 9.74. The van der Waals surface area contributed by atoms with Crippen LogP contribution in [0.2, 0.25) is 0 Å². The van der Waals surface area contributed by atoms with Crippen LogP contribution in [0.3, 0.4) is 0 Å². The van der Waals surface area contributed by atoms with Crippen LogP contribution in [0.25, 0.3) is 0 Å². The minimum atomic E-state index is -0.222. The highest BCUT2D eigenvalue weighted by atomic mass is 32.1. The van der Waals surface area contributed by atoms with Gasteiger partial charge in [-0.15, -0.1) is 11.3 Å². The third-order valence-electron chi connectivity index (χ3n) is 7.17. The first-order valence-electron chi connectivity index (χ1n) is 12.1. The molecule has 9 nitrogen and oxygen atoms in total. The third kappa shape index (κ3) is 4.09. The molecular formula is C25H27N5O4S. The number of rotatable bonds is 6. The molecule has 4 heterocycles. The van der Waals surface area contributed by atoms with Gasteiger partial charge in [-0.3, -0.25) is 19.1 Å². The Kier molecular flexibility index (Phi) is 5.55. The Morgan fingerprint density at radius 1 is 1.26 bits per heavy atom. The van der Waals surface area contributed by atoms with Crippen LogP contribution in [0.15, 0.2) is 21.6 Å². The number of ketones is 1. The highest BCUT2D eigenvalue weighted by Gasteiger charge is 2.36. The van der Waals surface area contributed by atoms with Gasteiger partial charge in [-0.05, 0) is 25.2 Å². The number of carbonyl (C=O) groups is 3. The Morgan fingerprint density at radius 2 is 2.11 bits per heavy atom. The van der Waals surface area contributed by atoms with Gasteiger partial charge in [0.1, 0.15) is 12.0 Å². The predicted octanol–water partition coefficient (Wildman–Crippen LogP) is 3.33. The Balaban J connectivity index is 1.29. The SMILES string of the molecule is CN(Cc1cscn1)C(=O)c1nn(CC2CC2)c2c1CN(C(=O)c1coc3c1C(=O)CCC3)CC2. The van der Waals surface area contributed by atoms with Crippen molar-refractivity contribution in [3.63, 3.8) is 0 Å². The lowest BCUT2D eigenvalue weighted by molar-refractivity contribution is 0.0717. The Morgan fingerprint density at radius 3 is 2.89 bits per heavy atom. The van der Waals surface area contributed by atoms with Crippen LogP contribution in [0.1, 0.15) is 79.6 Å². The first-order valence-corrected chi connectivity index (χ1v) is 13.1. The molecular weight excluding hydrogens is 466 g/mol. The summed E-state index contributed by atoms with van der Waals surface area (Å²) in [7, 11) is 1.75. The van der Waals surface area contributed by atoms with E-state index in [1.54, 1.807) is 22.4 Å². The molecule has 0 radical (unpaired) electrons. The molecule has 3 aromatic heterocycles. The Bertz CT molecular complexity index is 1300. The van der Waals surface area contributed by atoms with E-state index in [0.717, 1.165) is 29.9 Å². The van der Waals surface area contributed by atoms with Crippen molar-refractivity contribution < 1.29 is 18.8 Å². The number of amides is 2. The molecule has 182 valence electrons. The molecule has 35 heavy (non-hydrogen) atoms. The third-order valence-corrected chi connectivity index (χ3v) is 7.80. The normalized spacial score (nSPS) is 17.3. The zero-order chi connectivity index (χ0) is 24.1. The molecule has 2 aliphatic carbocycles. The van der Waals surface area contributed by atoms with Crippen LogP contribution in [-0.4, -0.2) is 55.8 Å². The van der Waals surface area contributed by atoms with Crippen molar-refractivity contribution in [3.05, 3.63) is 56.7 Å². The summed E-state index contributed by atoms with van der Waals surface area (Å²) in [6.07, 6.45) is 6.29. The van der Waals surface area contributed by atoms with Gasteiger partial charge in [-0.1, -0.05) is 0 Å². The Labute approximate surface area is 206 Å². The molecule has 6 rings (SSSR count). The molecule has 10 heteroatoms. The lowest BCUT2D eigenvalue weighted by atomic mass is 9.93. The van der Waals surface area contributed by atoms with Crippen molar-refractivity contribution >= 4 is 28.9 Å². The van der Waals surface area contributed by atoms with E-state index in [4.69, 9.17) is 9.52 Å². The minimum absolute atomic E-state index is 0.0298. The van der Waals surface area contributed by atoms with E-state index < -0.39 is 0 Å². The van der Waals surface area contributed by atoms with Crippen molar-refractivity contribution in [1.29, 1.82) is 0 Å². The maximum atomic E-state index is 13.5. The summed E-state index contributed by atoms with van der Waals surface area (Å²) in [5.41, 5.74) is 5.62. The number of aromatic nitrogens is 3. The van der Waals surface area contributed by atoms with Gasteiger partial charge in [-0.25, -0.2) is 4.98 Å². The van der Waals surface area contributed by atoms with Gasteiger partial charge >= 0.3 is 0 Å². The molecule has 0 spiro atoms. The van der Waals surface area contributed by atoms with Gasteiger partial charge in [0.15, 0.2) is 11.5 Å². The van der Waals surface area contributed by atoms with E-state index >= 15 is 0 Å². The largest absolute Gasteiger partial charge is 0.468 e. The minimum Gasteiger partial charge on any atom is -0.468 e. The molecule has 3 aromatic rings. The zero-order valence-electron chi connectivity index (χ0n) is 19.7. The van der Waals surface area contributed by atoms with Gasteiger partial charge in [0, 0.05) is 56.0 Å². The van der Waals surface area contributed by atoms with Gasteiger partial charge in [-0.2, -0.15) is 5.10 Å². The van der Waals surface area contributed by atoms with E-state index in [9.17, 15) is 14.4 Å². The number of hydrogen-bond acceptors (Lipinski definition) is 7. The highest BCUT2D eigenvalue weighted by molar-refractivity contribution is 7.07. The predicted molar refractivity (Wildman–Crippen MR) is 127 cm³/mol. The fraction of sp³-hybridized carbons (Fsp3) is 0.480. The highest BCUT2D eigenvalue weighted by Crippen LogP contribution is 2.34. The maximum absolute atomic E-state index is 13.5. The van der Waals surface area contributed by atoms with E-state index in [0.29, 0.717) is 67.4 Å². The lowest BCUT2D eigenvalue weighted by Gasteiger charge is -2.28. The van der Waals surface area contributed by atoms with Crippen LogP contribution in [-0.2, 0) is 32.5 Å². The number of hydrogen-bond donors (Lipinski definition) is 0. The molecule has 0 bridgehead atoms. The van der Waals surface area contributed by atoms with E-state index in [1.165, 1.54) is 30.4 Å². The van der Waals surface area contributed by atoms with Gasteiger partial charge in [0.2, 0.25) is 0 Å². The van der Waals surface area contributed by atoms with Gasteiger partial charge in [0.05, 0.1) is 35.4 Å². The van der Waals surface area contributed by atoms with Crippen molar-refractivity contribution in [3.8, 4) is 0 Å². The molecule has 0 saturated heterocycles. The van der Waals surface area contributed by atoms with Crippen LogP contribution in [0.4, 0.5) is 0 Å². The van der Waals surface area contributed by atoms with Crippen molar-refractivity contribution in [2.75, 3.05) is 13.6 Å². The first kappa shape index (κ1) is 22.2. The number of aryl methyl sites for hydroxylation is 1. The molecule has 0 N–H and O–H groups in total. The van der Waals surface area contributed by atoms with E-state index in [-0.39, 0.29) is 17.6 Å². The maximum Gasteiger partial charge on any atom is 0.274 e. The number of fused-ring (bicyclic) bond motifs is 2. The fourth-order valence-electron chi connectivity index (χ4n) is 5.09. The number of thiazole rings is 1. The molecule has 0 unspecified atom stereocenters. The number of nitrogens with zero attached hydrogens (tertiary/aromatic N) is 5. The smallest absolute Gasteiger partial charge is 0.274 e. The lowest BCUT2D eigenvalue weighted by Crippen LogP contribution is -2.38. The van der Waals surface area contributed by atoms with Crippen LogP contribution in [0, 0.1) is 5.92 Å². The molecule has 3 aliphatic rings. The summed E-state index contributed by atoms with van der Waals surface area (Å²) in [6, 6.07) is 0. The quantitative estimate of drug-likeness (QED) is 0.522.